The van der Waals surface area contributed by atoms with Crippen molar-refractivity contribution in [3.05, 3.63) is 77.8 Å². The predicted octanol–water partition coefficient (Wildman–Crippen LogP) is 5.31. The molecule has 0 radical (unpaired) electrons. The fourth-order valence-corrected chi connectivity index (χ4v) is 3.55. The third kappa shape index (κ3) is 6.07. The minimum Gasteiger partial charge on any atom is -0.464 e. The van der Waals surface area contributed by atoms with Gasteiger partial charge in [0.2, 0.25) is 0 Å². The topological polar surface area (TPSA) is 74.9 Å². The van der Waals surface area contributed by atoms with Crippen LogP contribution in [-0.4, -0.2) is 22.9 Å². The highest BCUT2D eigenvalue weighted by Gasteiger charge is 2.30. The normalized spacial score (nSPS) is 18.1. The lowest BCUT2D eigenvalue weighted by molar-refractivity contribution is -0.117. The lowest BCUT2D eigenvalue weighted by atomic mass is 9.80. The number of hydrogen-bond donors (Lipinski definition) is 0. The maximum Gasteiger partial charge on any atom is 0.167 e. The Labute approximate surface area is 184 Å². The molecule has 2 aliphatic rings. The molecule has 1 heterocycles. The van der Waals surface area contributed by atoms with E-state index in [0.29, 0.717) is 12.8 Å². The minimum atomic E-state index is -0.233. The van der Waals surface area contributed by atoms with Crippen molar-refractivity contribution in [1.29, 1.82) is 0 Å². The fourth-order valence-electron chi connectivity index (χ4n) is 3.25. The number of allylic oxidation sites excluding steroid dienone is 5. The molecule has 1 aliphatic carbocycles. The van der Waals surface area contributed by atoms with E-state index in [0.717, 1.165) is 44.9 Å². The highest BCUT2D eigenvalue weighted by molar-refractivity contribution is 7.80. The molecule has 1 saturated carbocycles. The molecule has 1 aliphatic heterocycles. The van der Waals surface area contributed by atoms with Gasteiger partial charge in [0, 0.05) is 21.6 Å². The standard InChI is InChI=1S/C22H20O2S.C2H6.CH2O.H2O/c1-4-6-18-21(25)10-8-15(22(18)23)12-16-13-24-20-9-7-14(3)11-19(20)17(16)5-2;2*1-2;/h4,7,9,11-13,18H,1-2,6,8,10H2,3H3;1-2H3;1H2;1H2/b15-12+;;;. The zero-order chi connectivity index (χ0) is 22.0. The Bertz CT molecular complexity index is 902. The summed E-state index contributed by atoms with van der Waals surface area (Å²) >= 11 is 5.38. The Morgan fingerprint density at radius 3 is 2.53 bits per heavy atom. The molecule has 1 aromatic carbocycles. The molecule has 5 heteroatoms. The molecule has 160 valence electrons. The second-order valence-electron chi connectivity index (χ2n) is 6.32. The summed E-state index contributed by atoms with van der Waals surface area (Å²) in [6.45, 7) is 15.6. The lowest BCUT2D eigenvalue weighted by Crippen LogP contribution is -2.29. The molecule has 3 rings (SSSR count). The SMILES string of the molecule is C=C=C1C(/C=C2\CCC(=S)C(CC=C)C2=O)=COc2ccc(C)cc21.C=O.CC.O. The third-order valence-corrected chi connectivity index (χ3v) is 5.07. The van der Waals surface area contributed by atoms with Crippen LogP contribution < -0.4 is 4.74 Å². The van der Waals surface area contributed by atoms with Crippen LogP contribution in [-0.2, 0) is 9.59 Å². The number of hydrogen-bond acceptors (Lipinski definition) is 4. The number of ketones is 1. The molecule has 0 aromatic heterocycles. The summed E-state index contributed by atoms with van der Waals surface area (Å²) in [5.74, 6) is 0.637. The van der Waals surface area contributed by atoms with Gasteiger partial charge in [-0.15, -0.1) is 12.3 Å². The lowest BCUT2D eigenvalue weighted by Gasteiger charge is -2.24. The van der Waals surface area contributed by atoms with Gasteiger partial charge in [-0.05, 0) is 50.0 Å². The van der Waals surface area contributed by atoms with E-state index in [-0.39, 0.29) is 17.2 Å². The molecule has 0 bridgehead atoms. The predicted molar refractivity (Wildman–Crippen MR) is 128 cm³/mol. The zero-order valence-electron chi connectivity index (χ0n) is 17.9. The van der Waals surface area contributed by atoms with E-state index in [9.17, 15) is 4.79 Å². The van der Waals surface area contributed by atoms with Crippen LogP contribution in [0.25, 0.3) is 5.57 Å². The molecule has 30 heavy (non-hydrogen) atoms. The number of Topliss-reactive ketones (excluding diaryl/α,β-unsaturated/α-hetero) is 1. The highest BCUT2D eigenvalue weighted by atomic mass is 32.1. The van der Waals surface area contributed by atoms with Crippen LogP contribution in [0, 0.1) is 12.8 Å². The largest absolute Gasteiger partial charge is 0.464 e. The number of carbonyl (C=O) groups is 2. The molecule has 0 amide bonds. The third-order valence-electron chi connectivity index (χ3n) is 4.58. The van der Waals surface area contributed by atoms with E-state index in [1.165, 1.54) is 0 Å². The zero-order valence-corrected chi connectivity index (χ0v) is 18.7. The van der Waals surface area contributed by atoms with E-state index in [1.54, 1.807) is 12.3 Å². The Kier molecular flexibility index (Phi) is 12.1. The molecular weight excluding hydrogens is 396 g/mol. The summed E-state index contributed by atoms with van der Waals surface area (Å²) in [4.78, 5) is 21.6. The maximum atomic E-state index is 12.8. The Morgan fingerprint density at radius 2 is 1.93 bits per heavy atom. The second kappa shape index (κ2) is 13.4. The molecule has 1 fully saturated rings. The van der Waals surface area contributed by atoms with E-state index in [2.05, 4.69) is 18.9 Å². The minimum absolute atomic E-state index is 0. The summed E-state index contributed by atoms with van der Waals surface area (Å²) in [6.07, 6.45) is 7.33. The van der Waals surface area contributed by atoms with Gasteiger partial charge in [-0.2, -0.15) is 0 Å². The van der Waals surface area contributed by atoms with Crippen LogP contribution in [0.4, 0.5) is 0 Å². The van der Waals surface area contributed by atoms with Gasteiger partial charge in [0.1, 0.15) is 12.5 Å². The van der Waals surface area contributed by atoms with Gasteiger partial charge >= 0.3 is 0 Å². The van der Waals surface area contributed by atoms with Gasteiger partial charge in [-0.25, -0.2) is 0 Å². The first-order valence-corrected chi connectivity index (χ1v) is 10.0. The van der Waals surface area contributed by atoms with Crippen molar-refractivity contribution in [2.24, 2.45) is 5.92 Å². The number of fused-ring (bicyclic) bond motifs is 1. The first kappa shape index (κ1) is 27.1. The van der Waals surface area contributed by atoms with Crippen LogP contribution in [0.1, 0.15) is 44.2 Å². The molecule has 1 aromatic rings. The van der Waals surface area contributed by atoms with Crippen molar-refractivity contribution >= 4 is 35.2 Å². The second-order valence-corrected chi connectivity index (χ2v) is 6.84. The van der Waals surface area contributed by atoms with Gasteiger partial charge in [0.25, 0.3) is 0 Å². The molecule has 1 unspecified atom stereocenters. The summed E-state index contributed by atoms with van der Waals surface area (Å²) in [7, 11) is 0. The molecular formula is C25H30O4S. The van der Waals surface area contributed by atoms with E-state index >= 15 is 0 Å². The summed E-state index contributed by atoms with van der Waals surface area (Å²) in [5.41, 5.74) is 7.55. The quantitative estimate of drug-likeness (QED) is 0.284. The van der Waals surface area contributed by atoms with Crippen molar-refractivity contribution in [2.75, 3.05) is 0 Å². The van der Waals surface area contributed by atoms with Crippen LogP contribution in [0.5, 0.6) is 5.75 Å². The van der Waals surface area contributed by atoms with Gasteiger partial charge in [-0.1, -0.05) is 50.4 Å². The smallest absolute Gasteiger partial charge is 0.167 e. The highest BCUT2D eigenvalue weighted by Crippen LogP contribution is 2.37. The van der Waals surface area contributed by atoms with E-state index in [1.807, 2.05) is 51.8 Å². The molecule has 2 N–H and O–H groups in total. The van der Waals surface area contributed by atoms with Crippen LogP contribution >= 0.6 is 12.2 Å². The molecule has 4 nitrogen and oxygen atoms in total. The molecule has 1 atom stereocenters. The van der Waals surface area contributed by atoms with Crippen molar-refractivity contribution < 1.29 is 19.8 Å². The van der Waals surface area contributed by atoms with Gasteiger partial charge < -0.3 is 15.0 Å². The molecule has 0 saturated heterocycles. The summed E-state index contributed by atoms with van der Waals surface area (Å²) in [6, 6.07) is 5.99. The number of thiocarbonyl (C=S) groups is 1. The number of carbonyl (C=O) groups excluding carboxylic acids is 2. The maximum absolute atomic E-state index is 12.8. The summed E-state index contributed by atoms with van der Waals surface area (Å²) in [5, 5.41) is 0. The van der Waals surface area contributed by atoms with Gasteiger partial charge in [-0.3, -0.25) is 4.79 Å². The monoisotopic (exact) mass is 426 g/mol. The fraction of sp³-hybridized carbons (Fsp3) is 0.280. The van der Waals surface area contributed by atoms with Gasteiger partial charge in [0.05, 0.1) is 12.2 Å². The Hall–Kier alpha value is -2.85. The number of aryl methyl sites for hydroxylation is 1. The number of rotatable bonds is 3. The average Bonchev–Trinajstić information content (AvgIpc) is 2.75. The Balaban J connectivity index is 0.00000159. The van der Waals surface area contributed by atoms with Crippen LogP contribution in [0.15, 0.2) is 66.6 Å². The first-order chi connectivity index (χ1) is 14.0. The Morgan fingerprint density at radius 1 is 1.27 bits per heavy atom. The van der Waals surface area contributed by atoms with Crippen molar-refractivity contribution in [2.45, 2.75) is 40.0 Å². The van der Waals surface area contributed by atoms with Gasteiger partial charge in [0.15, 0.2) is 5.78 Å². The van der Waals surface area contributed by atoms with Crippen molar-refractivity contribution in [1.82, 2.24) is 0 Å². The van der Waals surface area contributed by atoms with Crippen molar-refractivity contribution in [3.8, 4) is 5.75 Å². The first-order valence-electron chi connectivity index (χ1n) is 9.60. The average molecular weight is 427 g/mol. The number of benzene rings is 1. The van der Waals surface area contributed by atoms with E-state index < -0.39 is 0 Å². The van der Waals surface area contributed by atoms with Crippen molar-refractivity contribution in [3.63, 3.8) is 0 Å². The summed E-state index contributed by atoms with van der Waals surface area (Å²) < 4.78 is 5.75. The molecule has 0 spiro atoms. The number of ether oxygens (including phenoxy) is 1. The van der Waals surface area contributed by atoms with Crippen LogP contribution in [0.3, 0.4) is 0 Å². The van der Waals surface area contributed by atoms with E-state index in [4.69, 9.17) is 21.7 Å². The van der Waals surface area contributed by atoms with Crippen LogP contribution in [0.2, 0.25) is 0 Å².